The molecule has 0 saturated heterocycles. The van der Waals surface area contributed by atoms with Gasteiger partial charge in [0.2, 0.25) is 5.91 Å². The largest absolute Gasteiger partial charge is 0.395 e. The van der Waals surface area contributed by atoms with Crippen LogP contribution >= 0.6 is 0 Å². The van der Waals surface area contributed by atoms with E-state index in [4.69, 9.17) is 5.11 Å². The molecule has 2 rings (SSSR count). The summed E-state index contributed by atoms with van der Waals surface area (Å²) >= 11 is 0. The minimum Gasteiger partial charge on any atom is -0.395 e. The van der Waals surface area contributed by atoms with Crippen molar-refractivity contribution in [2.75, 3.05) is 13.2 Å². The summed E-state index contributed by atoms with van der Waals surface area (Å²) in [6.45, 7) is 0.434. The standard InChI is InChI=1S/C15H20N2O2/c18-11-10-17(14-5-1-2-6-14)15(19)8-7-13-4-3-9-16-12-13/h3-4,7-9,12,14,18H,1-2,5-6,10-11H2/b8-7+. The van der Waals surface area contributed by atoms with Crippen LogP contribution in [-0.4, -0.2) is 40.1 Å². The monoisotopic (exact) mass is 260 g/mol. The Morgan fingerprint density at radius 1 is 1.47 bits per heavy atom. The number of carbonyl (C=O) groups is 1. The van der Waals surface area contributed by atoms with E-state index >= 15 is 0 Å². The zero-order valence-electron chi connectivity index (χ0n) is 11.0. The average Bonchev–Trinajstić information content (AvgIpc) is 2.97. The van der Waals surface area contributed by atoms with Gasteiger partial charge in [-0.1, -0.05) is 18.9 Å². The second-order valence-electron chi connectivity index (χ2n) is 4.81. The predicted molar refractivity (Wildman–Crippen MR) is 74.3 cm³/mol. The van der Waals surface area contributed by atoms with Crippen molar-refractivity contribution in [3.8, 4) is 0 Å². The molecule has 1 aromatic heterocycles. The smallest absolute Gasteiger partial charge is 0.246 e. The number of aromatic nitrogens is 1. The summed E-state index contributed by atoms with van der Waals surface area (Å²) in [7, 11) is 0. The molecule has 0 atom stereocenters. The van der Waals surface area contributed by atoms with Crippen molar-refractivity contribution in [3.63, 3.8) is 0 Å². The van der Waals surface area contributed by atoms with Crippen LogP contribution in [0.3, 0.4) is 0 Å². The number of amides is 1. The van der Waals surface area contributed by atoms with Crippen molar-refractivity contribution >= 4 is 12.0 Å². The molecule has 1 amide bonds. The summed E-state index contributed by atoms with van der Waals surface area (Å²) in [5, 5.41) is 9.10. The first-order valence-electron chi connectivity index (χ1n) is 6.81. The topological polar surface area (TPSA) is 53.4 Å². The van der Waals surface area contributed by atoms with E-state index < -0.39 is 0 Å². The van der Waals surface area contributed by atoms with E-state index in [1.165, 1.54) is 12.8 Å². The number of carbonyl (C=O) groups excluding carboxylic acids is 1. The lowest BCUT2D eigenvalue weighted by Gasteiger charge is -2.27. The van der Waals surface area contributed by atoms with Gasteiger partial charge in [-0.05, 0) is 30.5 Å². The number of hydrogen-bond donors (Lipinski definition) is 1. The summed E-state index contributed by atoms with van der Waals surface area (Å²) in [5.41, 5.74) is 0.909. The molecule has 1 heterocycles. The number of nitrogens with zero attached hydrogens (tertiary/aromatic N) is 2. The molecule has 0 aliphatic heterocycles. The summed E-state index contributed by atoms with van der Waals surface area (Å²) < 4.78 is 0. The van der Waals surface area contributed by atoms with Crippen molar-refractivity contribution in [3.05, 3.63) is 36.2 Å². The lowest BCUT2D eigenvalue weighted by Crippen LogP contribution is -2.39. The van der Waals surface area contributed by atoms with E-state index in [1.54, 1.807) is 29.4 Å². The van der Waals surface area contributed by atoms with E-state index in [0.717, 1.165) is 18.4 Å². The Kier molecular flexibility index (Phi) is 5.10. The van der Waals surface area contributed by atoms with Crippen LogP contribution in [0.2, 0.25) is 0 Å². The van der Waals surface area contributed by atoms with Gasteiger partial charge in [0.1, 0.15) is 0 Å². The summed E-state index contributed by atoms with van der Waals surface area (Å²) in [6, 6.07) is 4.04. The van der Waals surface area contributed by atoms with E-state index in [9.17, 15) is 4.79 Å². The Hall–Kier alpha value is -1.68. The number of hydrogen-bond acceptors (Lipinski definition) is 3. The fraction of sp³-hybridized carbons (Fsp3) is 0.467. The maximum absolute atomic E-state index is 12.2. The van der Waals surface area contributed by atoms with E-state index in [1.807, 2.05) is 12.1 Å². The molecule has 1 aliphatic rings. The molecule has 4 heteroatoms. The minimum absolute atomic E-state index is 0.0168. The molecule has 0 unspecified atom stereocenters. The van der Waals surface area contributed by atoms with E-state index in [0.29, 0.717) is 6.54 Å². The molecule has 102 valence electrons. The number of aliphatic hydroxyl groups excluding tert-OH is 1. The normalized spacial score (nSPS) is 16.1. The molecule has 19 heavy (non-hydrogen) atoms. The Morgan fingerprint density at radius 3 is 2.89 bits per heavy atom. The van der Waals surface area contributed by atoms with Gasteiger partial charge in [-0.25, -0.2) is 0 Å². The van der Waals surface area contributed by atoms with Gasteiger partial charge in [-0.2, -0.15) is 0 Å². The Labute approximate surface area is 113 Å². The fourth-order valence-electron chi connectivity index (χ4n) is 2.53. The molecular formula is C15H20N2O2. The lowest BCUT2D eigenvalue weighted by atomic mass is 10.2. The summed E-state index contributed by atoms with van der Waals surface area (Å²) in [4.78, 5) is 18.0. The van der Waals surface area contributed by atoms with Gasteiger partial charge in [-0.3, -0.25) is 9.78 Å². The third-order valence-corrected chi connectivity index (χ3v) is 3.49. The molecule has 4 nitrogen and oxygen atoms in total. The maximum atomic E-state index is 12.2. The molecule has 1 aromatic rings. The number of aliphatic hydroxyl groups is 1. The highest BCUT2D eigenvalue weighted by Gasteiger charge is 2.24. The highest BCUT2D eigenvalue weighted by Crippen LogP contribution is 2.23. The predicted octanol–water partition coefficient (Wildman–Crippen LogP) is 1.86. The molecule has 1 saturated carbocycles. The Balaban J connectivity index is 2.00. The second kappa shape index (κ2) is 7.04. The second-order valence-corrected chi connectivity index (χ2v) is 4.81. The van der Waals surface area contributed by atoms with Crippen LogP contribution in [0.25, 0.3) is 6.08 Å². The van der Waals surface area contributed by atoms with Crippen LogP contribution in [0.15, 0.2) is 30.6 Å². The molecule has 0 radical (unpaired) electrons. The zero-order chi connectivity index (χ0) is 13.5. The number of rotatable bonds is 5. The SMILES string of the molecule is O=C(/C=C/c1cccnc1)N(CCO)C1CCCC1. The van der Waals surface area contributed by atoms with Gasteiger partial charge in [0.05, 0.1) is 6.61 Å². The van der Waals surface area contributed by atoms with Crippen molar-refractivity contribution in [1.29, 1.82) is 0 Å². The third kappa shape index (κ3) is 3.89. The van der Waals surface area contributed by atoms with Crippen molar-refractivity contribution in [1.82, 2.24) is 9.88 Å². The van der Waals surface area contributed by atoms with Crippen molar-refractivity contribution < 1.29 is 9.90 Å². The van der Waals surface area contributed by atoms with E-state index in [2.05, 4.69) is 4.98 Å². The van der Waals surface area contributed by atoms with Gasteiger partial charge in [0.25, 0.3) is 0 Å². The first kappa shape index (κ1) is 13.7. The minimum atomic E-state index is -0.0233. The highest BCUT2D eigenvalue weighted by atomic mass is 16.3. The fourth-order valence-corrected chi connectivity index (χ4v) is 2.53. The Bertz CT molecular complexity index is 425. The van der Waals surface area contributed by atoms with Crippen LogP contribution in [-0.2, 0) is 4.79 Å². The molecule has 0 aromatic carbocycles. The molecule has 1 N–H and O–H groups in total. The van der Waals surface area contributed by atoms with E-state index in [-0.39, 0.29) is 18.6 Å². The first-order valence-corrected chi connectivity index (χ1v) is 6.81. The quantitative estimate of drug-likeness (QED) is 0.822. The van der Waals surface area contributed by atoms with Crippen LogP contribution < -0.4 is 0 Å². The summed E-state index contributed by atoms with van der Waals surface area (Å²) in [5.74, 6) is -0.0233. The van der Waals surface area contributed by atoms with Crippen molar-refractivity contribution in [2.24, 2.45) is 0 Å². The van der Waals surface area contributed by atoms with Gasteiger partial charge in [0.15, 0.2) is 0 Å². The highest BCUT2D eigenvalue weighted by molar-refractivity contribution is 5.92. The van der Waals surface area contributed by atoms with Crippen LogP contribution in [0.4, 0.5) is 0 Å². The third-order valence-electron chi connectivity index (χ3n) is 3.49. The van der Waals surface area contributed by atoms with Crippen LogP contribution in [0, 0.1) is 0 Å². The molecule has 0 spiro atoms. The average molecular weight is 260 g/mol. The molecule has 1 fully saturated rings. The van der Waals surface area contributed by atoms with Gasteiger partial charge >= 0.3 is 0 Å². The molecular weight excluding hydrogens is 240 g/mol. The first-order chi connectivity index (χ1) is 9.31. The van der Waals surface area contributed by atoms with Crippen molar-refractivity contribution in [2.45, 2.75) is 31.7 Å². The van der Waals surface area contributed by atoms with Gasteiger partial charge < -0.3 is 10.0 Å². The molecule has 1 aliphatic carbocycles. The van der Waals surface area contributed by atoms with Gasteiger partial charge in [-0.15, -0.1) is 0 Å². The van der Waals surface area contributed by atoms with Crippen LogP contribution in [0.1, 0.15) is 31.2 Å². The molecule has 0 bridgehead atoms. The van der Waals surface area contributed by atoms with Gasteiger partial charge in [0, 0.05) is 31.1 Å². The maximum Gasteiger partial charge on any atom is 0.246 e. The zero-order valence-corrected chi connectivity index (χ0v) is 11.0. The van der Waals surface area contributed by atoms with Crippen LogP contribution in [0.5, 0.6) is 0 Å². The Morgan fingerprint density at radius 2 is 2.26 bits per heavy atom. The lowest BCUT2D eigenvalue weighted by molar-refractivity contribution is -0.128. The summed E-state index contributed by atoms with van der Waals surface area (Å²) in [6.07, 6.45) is 11.2. The number of pyridine rings is 1.